The second-order valence-electron chi connectivity index (χ2n) is 6.89. The fourth-order valence-corrected chi connectivity index (χ4v) is 3.56. The normalized spacial score (nSPS) is 17.7. The summed E-state index contributed by atoms with van der Waals surface area (Å²) in [7, 11) is 0. The van der Waals surface area contributed by atoms with Crippen LogP contribution in [-0.2, 0) is 14.9 Å². The molecule has 2 rings (SSSR count). The van der Waals surface area contributed by atoms with Gasteiger partial charge in [0, 0.05) is 17.6 Å². The van der Waals surface area contributed by atoms with Crippen LogP contribution in [0.4, 0.5) is 4.79 Å². The van der Waals surface area contributed by atoms with Crippen molar-refractivity contribution in [3.63, 3.8) is 0 Å². The summed E-state index contributed by atoms with van der Waals surface area (Å²) in [6.45, 7) is 6.40. The van der Waals surface area contributed by atoms with Crippen molar-refractivity contribution in [2.75, 3.05) is 13.1 Å². The Morgan fingerprint density at radius 1 is 1.22 bits per heavy atom. The summed E-state index contributed by atoms with van der Waals surface area (Å²) in [6, 6.07) is 7.61. The topological polar surface area (TPSA) is 72.6 Å². The minimum atomic E-state index is -0.751. The first-order valence-corrected chi connectivity index (χ1v) is 8.48. The van der Waals surface area contributed by atoms with Crippen LogP contribution in [-0.4, -0.2) is 35.6 Å². The maximum atomic E-state index is 12.2. The highest BCUT2D eigenvalue weighted by atomic mass is 79.9. The molecular weight excluding hydrogens is 360 g/mol. The third-order valence-corrected chi connectivity index (χ3v) is 4.82. The molecule has 1 saturated heterocycles. The molecule has 1 heterocycles. The van der Waals surface area contributed by atoms with Gasteiger partial charge in [0.1, 0.15) is 5.60 Å². The average Bonchev–Trinajstić information content (AvgIpc) is 2.46. The number of benzene rings is 1. The Bertz CT molecular complexity index is 602. The number of nitrogens with two attached hydrogens (primary N) is 1. The number of piperidine rings is 1. The number of carbonyl (C=O) groups is 2. The SMILES string of the molecule is CC(C)(C)OC(=O)N1CCC(C(N)=O)(c2ccccc2Br)CC1. The molecule has 2 N–H and O–H groups in total. The highest BCUT2D eigenvalue weighted by Gasteiger charge is 2.44. The summed E-state index contributed by atoms with van der Waals surface area (Å²) in [5.74, 6) is -0.353. The molecule has 0 aromatic heterocycles. The lowest BCUT2D eigenvalue weighted by molar-refractivity contribution is -0.125. The molecule has 6 heteroatoms. The van der Waals surface area contributed by atoms with Crippen molar-refractivity contribution in [2.24, 2.45) is 5.73 Å². The van der Waals surface area contributed by atoms with E-state index in [0.29, 0.717) is 25.9 Å². The molecule has 1 aliphatic heterocycles. The van der Waals surface area contributed by atoms with Gasteiger partial charge in [-0.15, -0.1) is 0 Å². The van der Waals surface area contributed by atoms with E-state index in [-0.39, 0.29) is 12.0 Å². The van der Waals surface area contributed by atoms with E-state index in [9.17, 15) is 9.59 Å². The van der Waals surface area contributed by atoms with Gasteiger partial charge in [0.2, 0.25) is 5.91 Å². The molecule has 1 aliphatic rings. The first kappa shape index (κ1) is 17.8. The lowest BCUT2D eigenvalue weighted by Gasteiger charge is -2.40. The van der Waals surface area contributed by atoms with Gasteiger partial charge in [0.05, 0.1) is 5.41 Å². The summed E-state index contributed by atoms with van der Waals surface area (Å²) in [5.41, 5.74) is 5.34. The van der Waals surface area contributed by atoms with Gasteiger partial charge in [-0.25, -0.2) is 4.79 Å². The maximum absolute atomic E-state index is 12.2. The Labute approximate surface area is 145 Å². The number of likely N-dealkylation sites (tertiary alicyclic amines) is 1. The molecule has 1 aromatic carbocycles. The van der Waals surface area contributed by atoms with Crippen LogP contribution in [0.3, 0.4) is 0 Å². The Balaban J connectivity index is 2.18. The molecule has 1 fully saturated rings. The van der Waals surface area contributed by atoms with Gasteiger partial charge in [0.25, 0.3) is 0 Å². The first-order valence-electron chi connectivity index (χ1n) is 7.68. The van der Waals surface area contributed by atoms with E-state index in [1.165, 1.54) is 0 Å². The van der Waals surface area contributed by atoms with Crippen molar-refractivity contribution < 1.29 is 14.3 Å². The van der Waals surface area contributed by atoms with Crippen molar-refractivity contribution >= 4 is 27.9 Å². The standard InChI is InChI=1S/C17H23BrN2O3/c1-16(2,3)23-15(22)20-10-8-17(9-11-20,14(19)21)12-6-4-5-7-13(12)18/h4-7H,8-11H2,1-3H3,(H2,19,21). The molecule has 5 nitrogen and oxygen atoms in total. The van der Waals surface area contributed by atoms with Crippen molar-refractivity contribution in [3.05, 3.63) is 34.3 Å². The van der Waals surface area contributed by atoms with E-state index >= 15 is 0 Å². The van der Waals surface area contributed by atoms with E-state index in [1.54, 1.807) is 4.90 Å². The molecule has 0 bridgehead atoms. The van der Waals surface area contributed by atoms with Crippen LogP contribution < -0.4 is 5.73 Å². The monoisotopic (exact) mass is 382 g/mol. The van der Waals surface area contributed by atoms with Crippen LogP contribution in [0.15, 0.2) is 28.7 Å². The molecule has 0 spiro atoms. The van der Waals surface area contributed by atoms with Crippen LogP contribution in [0.2, 0.25) is 0 Å². The number of nitrogens with zero attached hydrogens (tertiary/aromatic N) is 1. The van der Waals surface area contributed by atoms with E-state index < -0.39 is 11.0 Å². The second-order valence-corrected chi connectivity index (χ2v) is 7.75. The van der Waals surface area contributed by atoms with Gasteiger partial charge in [-0.2, -0.15) is 0 Å². The molecule has 0 unspecified atom stereocenters. The van der Waals surface area contributed by atoms with Gasteiger partial charge in [0.15, 0.2) is 0 Å². The predicted molar refractivity (Wildman–Crippen MR) is 92.1 cm³/mol. The molecule has 126 valence electrons. The third-order valence-electron chi connectivity index (χ3n) is 4.13. The predicted octanol–water partition coefficient (Wildman–Crippen LogP) is 3.20. The van der Waals surface area contributed by atoms with Crippen LogP contribution >= 0.6 is 15.9 Å². The highest BCUT2D eigenvalue weighted by molar-refractivity contribution is 9.10. The minimum absolute atomic E-state index is 0.345. The summed E-state index contributed by atoms with van der Waals surface area (Å²) < 4.78 is 6.26. The van der Waals surface area contributed by atoms with Gasteiger partial charge in [-0.05, 0) is 45.2 Å². The van der Waals surface area contributed by atoms with Gasteiger partial charge in [-0.1, -0.05) is 34.1 Å². The lowest BCUT2D eigenvalue weighted by atomic mass is 9.72. The molecule has 0 radical (unpaired) electrons. The number of amides is 2. The van der Waals surface area contributed by atoms with Crippen molar-refractivity contribution in [2.45, 2.75) is 44.6 Å². The molecule has 0 atom stereocenters. The average molecular weight is 383 g/mol. The Kier molecular flexibility index (Phi) is 5.04. The first-order chi connectivity index (χ1) is 10.7. The fraction of sp³-hybridized carbons (Fsp3) is 0.529. The molecular formula is C17H23BrN2O3. The third kappa shape index (κ3) is 3.86. The van der Waals surface area contributed by atoms with Crippen molar-refractivity contribution in [1.29, 1.82) is 0 Å². The van der Waals surface area contributed by atoms with Crippen LogP contribution in [0, 0.1) is 0 Å². The van der Waals surface area contributed by atoms with E-state index in [0.717, 1.165) is 10.0 Å². The summed E-state index contributed by atoms with van der Waals surface area (Å²) in [4.78, 5) is 26.0. The molecule has 1 aromatic rings. The van der Waals surface area contributed by atoms with Crippen LogP contribution in [0.1, 0.15) is 39.2 Å². The smallest absolute Gasteiger partial charge is 0.410 e. The molecule has 0 saturated carbocycles. The maximum Gasteiger partial charge on any atom is 0.410 e. The van der Waals surface area contributed by atoms with Gasteiger partial charge in [-0.3, -0.25) is 4.79 Å². The number of hydrogen-bond donors (Lipinski definition) is 1. The van der Waals surface area contributed by atoms with Crippen molar-refractivity contribution in [3.8, 4) is 0 Å². The Morgan fingerprint density at radius 2 is 1.78 bits per heavy atom. The largest absolute Gasteiger partial charge is 0.444 e. The number of primary amides is 1. The van der Waals surface area contributed by atoms with Gasteiger partial charge >= 0.3 is 6.09 Å². The zero-order valence-corrected chi connectivity index (χ0v) is 15.4. The highest BCUT2D eigenvalue weighted by Crippen LogP contribution is 2.39. The number of halogens is 1. The van der Waals surface area contributed by atoms with Crippen LogP contribution in [0.5, 0.6) is 0 Å². The Morgan fingerprint density at radius 3 is 2.26 bits per heavy atom. The van der Waals surface area contributed by atoms with Gasteiger partial charge < -0.3 is 15.4 Å². The molecule has 2 amide bonds. The van der Waals surface area contributed by atoms with E-state index in [4.69, 9.17) is 10.5 Å². The van der Waals surface area contributed by atoms with Crippen molar-refractivity contribution in [1.82, 2.24) is 4.90 Å². The van der Waals surface area contributed by atoms with E-state index in [2.05, 4.69) is 15.9 Å². The zero-order valence-electron chi connectivity index (χ0n) is 13.8. The van der Waals surface area contributed by atoms with Crippen LogP contribution in [0.25, 0.3) is 0 Å². The number of rotatable bonds is 2. The number of hydrogen-bond acceptors (Lipinski definition) is 3. The lowest BCUT2D eigenvalue weighted by Crippen LogP contribution is -2.52. The summed E-state index contributed by atoms with van der Waals surface area (Å²) in [5, 5.41) is 0. The fourth-order valence-electron chi connectivity index (χ4n) is 2.90. The molecule has 0 aliphatic carbocycles. The Hall–Kier alpha value is -1.56. The zero-order chi connectivity index (χ0) is 17.3. The molecule has 23 heavy (non-hydrogen) atoms. The minimum Gasteiger partial charge on any atom is -0.444 e. The number of carbonyl (C=O) groups excluding carboxylic acids is 2. The second kappa shape index (κ2) is 6.51. The quantitative estimate of drug-likeness (QED) is 0.853. The summed E-state index contributed by atoms with van der Waals surface area (Å²) in [6.07, 6.45) is 0.636. The number of ether oxygens (including phenoxy) is 1. The van der Waals surface area contributed by atoms with E-state index in [1.807, 2.05) is 45.0 Å². The summed E-state index contributed by atoms with van der Waals surface area (Å²) >= 11 is 3.51.